The topological polar surface area (TPSA) is 75.7 Å². The van der Waals surface area contributed by atoms with Crippen LogP contribution in [0.2, 0.25) is 0 Å². The van der Waals surface area contributed by atoms with Gasteiger partial charge in [-0.1, -0.05) is 6.07 Å². The van der Waals surface area contributed by atoms with E-state index in [1.54, 1.807) is 18.9 Å². The van der Waals surface area contributed by atoms with Gasteiger partial charge in [-0.3, -0.25) is 9.69 Å². The third-order valence-corrected chi connectivity index (χ3v) is 8.97. The summed E-state index contributed by atoms with van der Waals surface area (Å²) in [5.41, 5.74) is 0.574. The van der Waals surface area contributed by atoms with Crippen molar-refractivity contribution in [2.75, 3.05) is 25.2 Å². The van der Waals surface area contributed by atoms with Gasteiger partial charge in [0.05, 0.1) is 24.7 Å². The third kappa shape index (κ3) is 6.04. The molecule has 2 aromatic carbocycles. The smallest absolute Gasteiger partial charge is 0.237 e. The van der Waals surface area contributed by atoms with Crippen LogP contribution < -0.4 is 10.1 Å². The maximum absolute atomic E-state index is 13.7. The van der Waals surface area contributed by atoms with E-state index in [1.165, 1.54) is 6.07 Å². The molecule has 6 nitrogen and oxygen atoms in total. The van der Waals surface area contributed by atoms with Crippen molar-refractivity contribution in [3.05, 3.63) is 59.7 Å². The average molecular weight is 497 g/mol. The summed E-state index contributed by atoms with van der Waals surface area (Å²) < 4.78 is 55.8. The number of sulfone groups is 1. The van der Waals surface area contributed by atoms with E-state index in [9.17, 15) is 22.0 Å². The lowest BCUT2D eigenvalue weighted by Gasteiger charge is -2.25. The van der Waals surface area contributed by atoms with E-state index in [-0.39, 0.29) is 35.2 Å². The summed E-state index contributed by atoms with van der Waals surface area (Å²) in [5, 5.41) is 3.00. The molecule has 1 N–H and O–H groups in total. The zero-order valence-corrected chi connectivity index (χ0v) is 19.8. The fourth-order valence-electron chi connectivity index (χ4n) is 4.32. The highest BCUT2D eigenvalue weighted by atomic mass is 32.2. The summed E-state index contributed by atoms with van der Waals surface area (Å²) in [5.74, 6) is -1.26. The van der Waals surface area contributed by atoms with E-state index in [4.69, 9.17) is 4.74 Å². The van der Waals surface area contributed by atoms with E-state index in [0.29, 0.717) is 24.9 Å². The molecule has 2 saturated heterocycles. The molecule has 33 heavy (non-hydrogen) atoms. The van der Waals surface area contributed by atoms with Gasteiger partial charge in [-0.15, -0.1) is 11.8 Å². The Morgan fingerprint density at radius 3 is 2.58 bits per heavy atom. The van der Waals surface area contributed by atoms with Crippen LogP contribution in [-0.2, 0) is 21.2 Å². The van der Waals surface area contributed by atoms with Crippen LogP contribution in [0.25, 0.3) is 0 Å². The van der Waals surface area contributed by atoms with Gasteiger partial charge in [0.25, 0.3) is 0 Å². The molecular formula is C23H26F2N2O4S2. The molecule has 0 spiro atoms. The summed E-state index contributed by atoms with van der Waals surface area (Å²) in [4.78, 5) is 16.1. The lowest BCUT2D eigenvalue weighted by atomic mass is 10.1. The summed E-state index contributed by atoms with van der Waals surface area (Å²) in [7, 11) is -1.51. The maximum Gasteiger partial charge on any atom is 0.237 e. The van der Waals surface area contributed by atoms with Gasteiger partial charge in [0.15, 0.2) is 21.5 Å². The number of halogens is 2. The van der Waals surface area contributed by atoms with Gasteiger partial charge in [-0.05, 0) is 54.8 Å². The molecule has 3 atom stereocenters. The fraction of sp³-hybridized carbons (Fsp3) is 0.435. The van der Waals surface area contributed by atoms with Crippen molar-refractivity contribution in [1.29, 1.82) is 0 Å². The number of amides is 1. The van der Waals surface area contributed by atoms with Crippen molar-refractivity contribution < 1.29 is 26.7 Å². The minimum atomic E-state index is -3.11. The highest BCUT2D eigenvalue weighted by Gasteiger charge is 2.39. The number of nitrogens with one attached hydrogen (secondary N) is 1. The Hall–Kier alpha value is -2.17. The Bertz CT molecular complexity index is 1110. The number of carbonyl (C=O) groups is 1. The number of thioether (sulfide) groups is 1. The van der Waals surface area contributed by atoms with Crippen LogP contribution in [-0.4, -0.2) is 61.7 Å². The van der Waals surface area contributed by atoms with Gasteiger partial charge in [-0.25, -0.2) is 17.2 Å². The monoisotopic (exact) mass is 496 g/mol. The predicted molar refractivity (Wildman–Crippen MR) is 123 cm³/mol. The Morgan fingerprint density at radius 1 is 1.18 bits per heavy atom. The second kappa shape index (κ2) is 9.99. The molecular weight excluding hydrogens is 470 g/mol. The number of ether oxygens (including phenoxy) is 1. The molecule has 0 aliphatic carbocycles. The minimum absolute atomic E-state index is 0.0430. The number of likely N-dealkylation sites (tertiary alicyclic amines) is 1. The van der Waals surface area contributed by atoms with Crippen molar-refractivity contribution in [1.82, 2.24) is 10.2 Å². The van der Waals surface area contributed by atoms with Crippen molar-refractivity contribution in [2.45, 2.75) is 41.6 Å². The van der Waals surface area contributed by atoms with E-state index in [2.05, 4.69) is 5.32 Å². The zero-order valence-electron chi connectivity index (χ0n) is 18.2. The highest BCUT2D eigenvalue weighted by Crippen LogP contribution is 2.35. The third-order valence-electron chi connectivity index (χ3n) is 5.98. The Kier molecular flexibility index (Phi) is 7.25. The van der Waals surface area contributed by atoms with Crippen LogP contribution >= 0.6 is 11.8 Å². The number of hydrogen-bond acceptors (Lipinski definition) is 6. The van der Waals surface area contributed by atoms with Crippen molar-refractivity contribution >= 4 is 27.5 Å². The molecule has 2 aliphatic heterocycles. The van der Waals surface area contributed by atoms with Crippen LogP contribution in [0.4, 0.5) is 8.78 Å². The molecule has 0 radical (unpaired) electrons. The number of methoxy groups -OCH3 is 1. The molecule has 2 fully saturated rings. The Balaban J connectivity index is 1.48. The molecule has 10 heteroatoms. The summed E-state index contributed by atoms with van der Waals surface area (Å²) in [6.07, 6.45) is 0.972. The molecule has 2 aliphatic rings. The molecule has 0 saturated carbocycles. The van der Waals surface area contributed by atoms with E-state index < -0.39 is 27.5 Å². The predicted octanol–water partition coefficient (Wildman–Crippen LogP) is 3.01. The van der Waals surface area contributed by atoms with Gasteiger partial charge in [0, 0.05) is 29.3 Å². The van der Waals surface area contributed by atoms with E-state index in [0.717, 1.165) is 22.8 Å². The summed E-state index contributed by atoms with van der Waals surface area (Å²) >= 11 is 1.65. The molecule has 2 heterocycles. The van der Waals surface area contributed by atoms with Crippen LogP contribution in [0.15, 0.2) is 47.4 Å². The van der Waals surface area contributed by atoms with Crippen LogP contribution in [0.5, 0.6) is 5.75 Å². The molecule has 0 aromatic heterocycles. The first-order chi connectivity index (χ1) is 15.7. The Labute approximate surface area is 196 Å². The highest BCUT2D eigenvalue weighted by molar-refractivity contribution is 8.00. The number of hydrogen-bond donors (Lipinski definition) is 1. The molecule has 2 aromatic rings. The number of benzene rings is 2. The van der Waals surface area contributed by atoms with Crippen LogP contribution in [0.3, 0.4) is 0 Å². The van der Waals surface area contributed by atoms with Gasteiger partial charge in [-0.2, -0.15) is 0 Å². The SMILES string of the molecule is COc1ccc(S[C@@H]2C[C@@H](C(=O)N[C@H]3CCS(=O)(=O)C3)N(Cc3ccc(F)c(F)c3)C2)cc1. The lowest BCUT2D eigenvalue weighted by molar-refractivity contribution is -0.126. The maximum atomic E-state index is 13.7. The molecule has 0 unspecified atom stereocenters. The standard InChI is InChI=1S/C23H26F2N2O4S2/c1-31-17-3-5-18(6-4-17)32-19-11-22(23(28)26-16-8-9-33(29,30)14-16)27(13-19)12-15-2-7-20(24)21(25)10-15/h2-7,10,16,19,22H,8-9,11-14H2,1H3,(H,26,28)/t16-,19+,22-/m0/s1. The average Bonchev–Trinajstić information content (AvgIpc) is 3.33. The second-order valence-corrected chi connectivity index (χ2v) is 12.1. The van der Waals surface area contributed by atoms with Crippen LogP contribution in [0.1, 0.15) is 18.4 Å². The molecule has 1 amide bonds. The number of nitrogens with zero attached hydrogens (tertiary/aromatic N) is 1. The van der Waals surface area contributed by atoms with Crippen molar-refractivity contribution in [3.63, 3.8) is 0 Å². The van der Waals surface area contributed by atoms with Crippen molar-refractivity contribution in [2.24, 2.45) is 0 Å². The first-order valence-corrected chi connectivity index (χ1v) is 13.4. The molecule has 0 bridgehead atoms. The van der Waals surface area contributed by atoms with Crippen LogP contribution in [0, 0.1) is 11.6 Å². The number of carbonyl (C=O) groups excluding carboxylic acids is 1. The first kappa shape index (κ1) is 24.0. The summed E-state index contributed by atoms with van der Waals surface area (Å²) in [6, 6.07) is 10.5. The first-order valence-electron chi connectivity index (χ1n) is 10.7. The largest absolute Gasteiger partial charge is 0.497 e. The number of rotatable bonds is 7. The lowest BCUT2D eigenvalue weighted by Crippen LogP contribution is -2.47. The van der Waals surface area contributed by atoms with Crippen molar-refractivity contribution in [3.8, 4) is 5.75 Å². The van der Waals surface area contributed by atoms with E-state index >= 15 is 0 Å². The second-order valence-electron chi connectivity index (χ2n) is 8.45. The minimum Gasteiger partial charge on any atom is -0.497 e. The molecule has 178 valence electrons. The van der Waals surface area contributed by atoms with Gasteiger partial charge in [0.2, 0.25) is 5.91 Å². The molecule has 4 rings (SSSR count). The quantitative estimate of drug-likeness (QED) is 0.635. The van der Waals surface area contributed by atoms with E-state index in [1.807, 2.05) is 29.2 Å². The van der Waals surface area contributed by atoms with Gasteiger partial charge < -0.3 is 10.1 Å². The van der Waals surface area contributed by atoms with Gasteiger partial charge in [0.1, 0.15) is 5.75 Å². The fourth-order valence-corrected chi connectivity index (χ4v) is 7.22. The summed E-state index contributed by atoms with van der Waals surface area (Å²) in [6.45, 7) is 0.870. The zero-order chi connectivity index (χ0) is 23.6. The Morgan fingerprint density at radius 2 is 1.94 bits per heavy atom. The normalized spacial score (nSPS) is 24.6. The van der Waals surface area contributed by atoms with Gasteiger partial charge >= 0.3 is 0 Å².